The number of carbonyl (C=O) groups is 1. The minimum Gasteiger partial charge on any atom is -0.481 e. The molecule has 1 aromatic heterocycles. The fourth-order valence-electron chi connectivity index (χ4n) is 4.90. The molecule has 2 unspecified atom stereocenters. The van der Waals surface area contributed by atoms with Crippen LogP contribution in [-0.4, -0.2) is 54.6 Å². The molecule has 0 saturated carbocycles. The van der Waals surface area contributed by atoms with Crippen molar-refractivity contribution < 1.29 is 14.6 Å². The second-order valence-electron chi connectivity index (χ2n) is 9.64. The van der Waals surface area contributed by atoms with Crippen molar-refractivity contribution in [2.24, 2.45) is 0 Å². The van der Waals surface area contributed by atoms with Crippen LogP contribution < -0.4 is 4.74 Å². The number of methoxy groups -OCH3 is 1. The summed E-state index contributed by atoms with van der Waals surface area (Å²) in [4.78, 5) is 18.3. The van der Waals surface area contributed by atoms with Crippen molar-refractivity contribution in [2.45, 2.75) is 30.8 Å². The first-order valence-corrected chi connectivity index (χ1v) is 12.3. The van der Waals surface area contributed by atoms with Gasteiger partial charge in [-0.1, -0.05) is 60.7 Å². The molecule has 3 aromatic carbocycles. The second kappa shape index (κ2) is 11.5. The van der Waals surface area contributed by atoms with E-state index in [-0.39, 0.29) is 5.92 Å². The van der Waals surface area contributed by atoms with E-state index < -0.39 is 5.60 Å². The highest BCUT2D eigenvalue weighted by molar-refractivity contribution is 5.87. The Bertz CT molecular complexity index is 1290. The molecule has 4 aromatic rings. The maximum Gasteiger partial charge on any atom is 0.217 e. The van der Waals surface area contributed by atoms with Crippen LogP contribution in [0.5, 0.6) is 5.88 Å². The van der Waals surface area contributed by atoms with Gasteiger partial charge in [-0.25, -0.2) is 4.98 Å². The smallest absolute Gasteiger partial charge is 0.217 e. The van der Waals surface area contributed by atoms with E-state index in [1.54, 1.807) is 13.2 Å². The van der Waals surface area contributed by atoms with Gasteiger partial charge in [0, 0.05) is 29.0 Å². The molecular weight excluding hydrogens is 448 g/mol. The monoisotopic (exact) mass is 482 g/mol. The second-order valence-corrected chi connectivity index (χ2v) is 9.64. The van der Waals surface area contributed by atoms with Gasteiger partial charge in [-0.3, -0.25) is 4.79 Å². The van der Waals surface area contributed by atoms with Crippen molar-refractivity contribution in [1.82, 2.24) is 9.88 Å². The average molecular weight is 483 g/mol. The maximum absolute atomic E-state index is 12.5. The van der Waals surface area contributed by atoms with Crippen LogP contribution in [0.2, 0.25) is 0 Å². The number of aliphatic hydroxyl groups is 1. The number of aromatic nitrogens is 1. The normalized spacial score (nSPS) is 13.9. The number of pyridine rings is 1. The Labute approximate surface area is 213 Å². The highest BCUT2D eigenvalue weighted by atomic mass is 16.5. The predicted molar refractivity (Wildman–Crippen MR) is 145 cm³/mol. The Morgan fingerprint density at radius 1 is 0.972 bits per heavy atom. The summed E-state index contributed by atoms with van der Waals surface area (Å²) < 4.78 is 5.79. The summed E-state index contributed by atoms with van der Waals surface area (Å²) in [5.74, 6) is 0.104. The van der Waals surface area contributed by atoms with Gasteiger partial charge in [0.25, 0.3) is 0 Å². The molecule has 5 nitrogen and oxygen atoms in total. The number of rotatable bonds is 11. The number of benzene rings is 3. The summed E-state index contributed by atoms with van der Waals surface area (Å²) in [5.41, 5.74) is 3.25. The van der Waals surface area contributed by atoms with Crippen molar-refractivity contribution in [1.29, 1.82) is 0 Å². The summed E-state index contributed by atoms with van der Waals surface area (Å²) in [6.45, 7) is 0.729. The van der Waals surface area contributed by atoms with Crippen molar-refractivity contribution in [3.8, 4) is 5.88 Å². The van der Waals surface area contributed by atoms with Gasteiger partial charge in [-0.2, -0.15) is 0 Å². The third-order valence-corrected chi connectivity index (χ3v) is 6.82. The third kappa shape index (κ3) is 5.81. The molecule has 0 bridgehead atoms. The number of hydrogen-bond acceptors (Lipinski definition) is 5. The molecule has 0 aliphatic rings. The van der Waals surface area contributed by atoms with Gasteiger partial charge in [0.2, 0.25) is 5.88 Å². The van der Waals surface area contributed by atoms with E-state index >= 15 is 0 Å². The van der Waals surface area contributed by atoms with Crippen LogP contribution in [-0.2, 0) is 6.42 Å². The quantitative estimate of drug-likeness (QED) is 0.286. The Hall–Kier alpha value is -3.54. The van der Waals surface area contributed by atoms with Gasteiger partial charge in [-0.15, -0.1) is 0 Å². The summed E-state index contributed by atoms with van der Waals surface area (Å²) >= 11 is 0. The van der Waals surface area contributed by atoms with E-state index in [0.29, 0.717) is 24.3 Å². The molecule has 0 spiro atoms. The minimum atomic E-state index is -1.08. The maximum atomic E-state index is 12.5. The molecule has 186 valence electrons. The van der Waals surface area contributed by atoms with Gasteiger partial charge in [0.1, 0.15) is 6.29 Å². The molecule has 0 radical (unpaired) electrons. The zero-order valence-electron chi connectivity index (χ0n) is 21.2. The third-order valence-electron chi connectivity index (χ3n) is 6.82. The summed E-state index contributed by atoms with van der Waals surface area (Å²) in [5, 5.41) is 13.4. The molecule has 0 saturated heterocycles. The zero-order chi connectivity index (χ0) is 25.5. The highest BCUT2D eigenvalue weighted by Gasteiger charge is 2.40. The lowest BCUT2D eigenvalue weighted by Gasteiger charge is -2.38. The molecular formula is C31H34N2O3. The standard InChI is InChI=1S/C31H34N2O3/c1-33(2)19-18-31(35,17-16-23-10-6-4-7-11-23)29(25-12-8-5-9-13-25)27-21-26-20-24(22-34)14-15-28(26)32-30(27)36-3/h4-15,20-22,29,35H,16-19H2,1-3H3. The number of aldehydes is 1. The Balaban J connectivity index is 1.88. The van der Waals surface area contributed by atoms with E-state index in [2.05, 4.69) is 29.2 Å². The van der Waals surface area contributed by atoms with E-state index in [1.807, 2.05) is 68.7 Å². The largest absolute Gasteiger partial charge is 0.481 e. The number of aryl methyl sites for hydroxylation is 1. The number of fused-ring (bicyclic) bond motifs is 1. The molecule has 4 rings (SSSR count). The van der Waals surface area contributed by atoms with Crippen molar-refractivity contribution in [3.63, 3.8) is 0 Å². The highest BCUT2D eigenvalue weighted by Crippen LogP contribution is 2.44. The molecule has 0 fully saturated rings. The lowest BCUT2D eigenvalue weighted by Crippen LogP contribution is -2.40. The molecule has 0 aliphatic carbocycles. The molecule has 1 heterocycles. The average Bonchev–Trinajstić information content (AvgIpc) is 2.91. The summed E-state index contributed by atoms with van der Waals surface area (Å²) in [6.07, 6.45) is 2.72. The first kappa shape index (κ1) is 25.5. The fourth-order valence-corrected chi connectivity index (χ4v) is 4.90. The van der Waals surface area contributed by atoms with Crippen LogP contribution in [0.4, 0.5) is 0 Å². The Kier molecular flexibility index (Phi) is 8.14. The van der Waals surface area contributed by atoms with Gasteiger partial charge in [0.15, 0.2) is 0 Å². The number of carbonyl (C=O) groups excluding carboxylic acids is 1. The van der Waals surface area contributed by atoms with Gasteiger partial charge in [-0.05, 0) is 68.8 Å². The van der Waals surface area contributed by atoms with E-state index in [1.165, 1.54) is 5.56 Å². The van der Waals surface area contributed by atoms with Crippen LogP contribution in [0.25, 0.3) is 10.9 Å². The molecule has 5 heteroatoms. The van der Waals surface area contributed by atoms with Crippen LogP contribution in [0, 0.1) is 0 Å². The molecule has 0 amide bonds. The zero-order valence-corrected chi connectivity index (χ0v) is 21.2. The Morgan fingerprint density at radius 3 is 2.31 bits per heavy atom. The molecule has 36 heavy (non-hydrogen) atoms. The van der Waals surface area contributed by atoms with Crippen LogP contribution in [0.15, 0.2) is 84.9 Å². The molecule has 0 aliphatic heterocycles. The first-order valence-electron chi connectivity index (χ1n) is 12.3. The number of ether oxygens (including phenoxy) is 1. The van der Waals surface area contributed by atoms with Crippen molar-refractivity contribution in [2.75, 3.05) is 27.7 Å². The van der Waals surface area contributed by atoms with Gasteiger partial charge >= 0.3 is 0 Å². The molecule has 2 atom stereocenters. The summed E-state index contributed by atoms with van der Waals surface area (Å²) in [7, 11) is 5.66. The molecule has 1 N–H and O–H groups in total. The van der Waals surface area contributed by atoms with Crippen LogP contribution in [0.1, 0.15) is 45.8 Å². The summed E-state index contributed by atoms with van der Waals surface area (Å²) in [6, 6.07) is 27.8. The van der Waals surface area contributed by atoms with E-state index in [9.17, 15) is 9.90 Å². The fraction of sp³-hybridized carbons (Fsp3) is 0.290. The number of hydrogen-bond donors (Lipinski definition) is 1. The van der Waals surface area contributed by atoms with Gasteiger partial charge < -0.3 is 14.7 Å². The topological polar surface area (TPSA) is 62.7 Å². The lowest BCUT2D eigenvalue weighted by atomic mass is 9.72. The van der Waals surface area contributed by atoms with E-state index in [0.717, 1.165) is 41.3 Å². The Morgan fingerprint density at radius 2 is 1.67 bits per heavy atom. The van der Waals surface area contributed by atoms with Gasteiger partial charge in [0.05, 0.1) is 18.2 Å². The SMILES string of the molecule is COc1nc2ccc(C=O)cc2cc1C(c1ccccc1)C(O)(CCc1ccccc1)CCN(C)C. The predicted octanol–water partition coefficient (Wildman–Crippen LogP) is 5.50. The van der Waals surface area contributed by atoms with Crippen LogP contribution >= 0.6 is 0 Å². The first-order chi connectivity index (χ1) is 17.4. The minimum absolute atomic E-state index is 0.380. The lowest BCUT2D eigenvalue weighted by molar-refractivity contribution is 0.000774. The number of nitrogens with zero attached hydrogens (tertiary/aromatic N) is 2. The van der Waals surface area contributed by atoms with Crippen LogP contribution in [0.3, 0.4) is 0 Å². The van der Waals surface area contributed by atoms with Crippen molar-refractivity contribution >= 4 is 17.2 Å². The van der Waals surface area contributed by atoms with Crippen molar-refractivity contribution in [3.05, 3.63) is 107 Å². The van der Waals surface area contributed by atoms with E-state index in [4.69, 9.17) is 9.72 Å².